The molecule has 1 aliphatic rings. The maximum absolute atomic E-state index is 13.1. The number of benzene rings is 3. The Bertz CT molecular complexity index is 1480. The molecule has 43 heavy (non-hydrogen) atoms. The molecule has 0 fully saturated rings. The molecule has 3 aromatic carbocycles. The van der Waals surface area contributed by atoms with E-state index in [9.17, 15) is 4.79 Å². The van der Waals surface area contributed by atoms with Crippen molar-refractivity contribution in [2.75, 3.05) is 13.6 Å². The minimum absolute atomic E-state index is 0.286. The van der Waals surface area contributed by atoms with Crippen molar-refractivity contribution in [3.8, 4) is 11.1 Å². The molecule has 7 nitrogen and oxygen atoms in total. The highest BCUT2D eigenvalue weighted by Gasteiger charge is 2.34. The lowest BCUT2D eigenvalue weighted by atomic mass is 10.1. The van der Waals surface area contributed by atoms with Crippen LogP contribution in [0.3, 0.4) is 0 Å². The Labute approximate surface area is 258 Å². The monoisotopic (exact) mass is 612 g/mol. The number of ether oxygens (including phenoxy) is 1. The molecule has 1 aliphatic carbocycles. The first-order valence-corrected chi connectivity index (χ1v) is 21.6. The molecular weight excluding hydrogens is 569 g/mol. The molecule has 0 saturated heterocycles. The summed E-state index contributed by atoms with van der Waals surface area (Å²) in [5.74, 6) is 0. The van der Waals surface area contributed by atoms with Crippen molar-refractivity contribution in [1.82, 2.24) is 19.9 Å². The average Bonchev–Trinajstić information content (AvgIpc) is 3.55. The number of nitrogens with zero attached hydrogens (tertiary/aromatic N) is 4. The third-order valence-corrected chi connectivity index (χ3v) is 15.6. The van der Waals surface area contributed by atoms with Crippen LogP contribution >= 0.6 is 0 Å². The van der Waals surface area contributed by atoms with E-state index >= 15 is 0 Å². The molecule has 9 heteroatoms. The first-order valence-electron chi connectivity index (χ1n) is 15.3. The number of hydrogen-bond donors (Lipinski definition) is 0. The molecule has 1 aromatic heterocycles. The van der Waals surface area contributed by atoms with Gasteiger partial charge in [0, 0.05) is 43.9 Å². The summed E-state index contributed by atoms with van der Waals surface area (Å²) in [4.78, 5) is 14.8. The van der Waals surface area contributed by atoms with Crippen LogP contribution in [0.4, 0.5) is 4.79 Å². The van der Waals surface area contributed by atoms with Crippen molar-refractivity contribution in [3.05, 3.63) is 107 Å². The van der Waals surface area contributed by atoms with Crippen molar-refractivity contribution in [2.45, 2.75) is 70.2 Å². The van der Waals surface area contributed by atoms with Crippen LogP contribution in [0.2, 0.25) is 38.3 Å². The van der Waals surface area contributed by atoms with Gasteiger partial charge >= 0.3 is 6.09 Å². The number of hydrogen-bond acceptors (Lipinski definition) is 5. The van der Waals surface area contributed by atoms with E-state index in [1.165, 1.54) is 5.56 Å². The predicted molar refractivity (Wildman–Crippen MR) is 177 cm³/mol. The van der Waals surface area contributed by atoms with Gasteiger partial charge in [0.1, 0.15) is 0 Å². The van der Waals surface area contributed by atoms with Crippen LogP contribution in [-0.2, 0) is 21.8 Å². The summed E-state index contributed by atoms with van der Waals surface area (Å²) >= 11 is 0. The molecule has 0 N–H and O–H groups in total. The van der Waals surface area contributed by atoms with Gasteiger partial charge in [0.05, 0.1) is 5.69 Å². The van der Waals surface area contributed by atoms with Crippen LogP contribution in [0.25, 0.3) is 11.1 Å². The zero-order valence-corrected chi connectivity index (χ0v) is 28.1. The van der Waals surface area contributed by atoms with Crippen LogP contribution < -0.4 is 0 Å². The summed E-state index contributed by atoms with van der Waals surface area (Å²) in [7, 11) is -1.90. The van der Waals surface area contributed by atoms with E-state index in [0.29, 0.717) is 6.54 Å². The predicted octanol–water partition coefficient (Wildman–Crippen LogP) is 7.91. The molecule has 226 valence electrons. The Morgan fingerprint density at radius 1 is 0.837 bits per heavy atom. The molecule has 0 saturated carbocycles. The number of rotatable bonds is 13. The summed E-state index contributed by atoms with van der Waals surface area (Å²) in [6.45, 7) is 10.8. The topological polar surface area (TPSA) is 69.5 Å². The number of aryl methyl sites for hydroxylation is 1. The highest BCUT2D eigenvalue weighted by molar-refractivity contribution is 6.84. The minimum Gasteiger partial charge on any atom is -0.455 e. The van der Waals surface area contributed by atoms with E-state index in [-0.39, 0.29) is 12.2 Å². The summed E-state index contributed by atoms with van der Waals surface area (Å²) in [6, 6.07) is 28.8. The van der Waals surface area contributed by atoms with Crippen molar-refractivity contribution in [3.63, 3.8) is 0 Å². The van der Waals surface area contributed by atoms with Crippen LogP contribution in [-0.4, -0.2) is 56.2 Å². The van der Waals surface area contributed by atoms with E-state index in [0.717, 1.165) is 65.8 Å². The highest BCUT2D eigenvalue weighted by atomic mass is 28.4. The smallest absolute Gasteiger partial charge is 0.410 e. The molecule has 1 heterocycles. The second-order valence-corrected chi connectivity index (χ2v) is 21.7. The van der Waals surface area contributed by atoms with E-state index in [1.807, 2.05) is 42.1 Å². The van der Waals surface area contributed by atoms with Gasteiger partial charge in [-0.3, -0.25) is 4.68 Å². The van der Waals surface area contributed by atoms with E-state index in [4.69, 9.17) is 8.85 Å². The fourth-order valence-corrected chi connectivity index (χ4v) is 14.9. The third-order valence-electron chi connectivity index (χ3n) is 8.11. The molecular formula is C34H44N4O3Si2. The van der Waals surface area contributed by atoms with Gasteiger partial charge in [0.15, 0.2) is 22.7 Å². The Morgan fingerprint density at radius 3 is 2.07 bits per heavy atom. The van der Waals surface area contributed by atoms with Crippen molar-refractivity contribution in [1.29, 1.82) is 0 Å². The average molecular weight is 613 g/mol. The van der Waals surface area contributed by atoms with Gasteiger partial charge in [-0.1, -0.05) is 84.1 Å². The minimum atomic E-state index is -1.89. The summed E-state index contributed by atoms with van der Waals surface area (Å²) in [5.41, 5.74) is 6.64. The number of fused-ring (bicyclic) bond motifs is 3. The molecule has 1 amide bonds. The van der Waals surface area contributed by atoms with Gasteiger partial charge in [-0.2, -0.15) is 0 Å². The second-order valence-electron chi connectivity index (χ2n) is 12.8. The fourth-order valence-electron chi connectivity index (χ4n) is 6.11. The maximum atomic E-state index is 13.1. The van der Waals surface area contributed by atoms with Crippen LogP contribution in [0.15, 0.2) is 85.1 Å². The Morgan fingerprint density at radius 2 is 1.42 bits per heavy atom. The Balaban J connectivity index is 1.05. The molecule has 0 bridgehead atoms. The Kier molecular flexibility index (Phi) is 9.63. The van der Waals surface area contributed by atoms with E-state index < -0.39 is 16.6 Å². The zero-order valence-electron chi connectivity index (χ0n) is 26.1. The van der Waals surface area contributed by atoms with Crippen molar-refractivity contribution < 1.29 is 13.6 Å². The van der Waals surface area contributed by atoms with Gasteiger partial charge in [0.2, 0.25) is 0 Å². The van der Waals surface area contributed by atoms with Gasteiger partial charge in [-0.15, -0.1) is 5.10 Å². The first kappa shape index (κ1) is 30.9. The standard InChI is InChI=1S/C34H44N4O3Si2/c1-37(34(39)40-33-31-19-11-9-17-29(31)30-18-10-12-20-32(30)33)21-13-23-42(2,3)41-43(4,5)24-14-22-38-26-28(35-36-38)25-27-15-7-6-8-16-27/h6-12,15-20,26,33H,13-14,21-25H2,1-5H3. The SMILES string of the molecule is CN(CCC[Si](C)(C)O[Si](C)(C)CCCn1cc(Cc2ccccc2)nn1)C(=O)OC1c2ccccc2-c2ccccc21. The quantitative estimate of drug-likeness (QED) is 0.144. The van der Waals surface area contributed by atoms with Crippen LogP contribution in [0, 0.1) is 0 Å². The van der Waals surface area contributed by atoms with Crippen LogP contribution in [0.5, 0.6) is 0 Å². The van der Waals surface area contributed by atoms with Crippen molar-refractivity contribution in [2.24, 2.45) is 0 Å². The Hall–Kier alpha value is -3.54. The number of carbonyl (C=O) groups is 1. The van der Waals surface area contributed by atoms with Gasteiger partial charge < -0.3 is 13.8 Å². The lowest BCUT2D eigenvalue weighted by molar-refractivity contribution is 0.0862. The molecule has 0 aliphatic heterocycles. The highest BCUT2D eigenvalue weighted by Crippen LogP contribution is 2.45. The summed E-state index contributed by atoms with van der Waals surface area (Å²) < 4.78 is 14.9. The number of carbonyl (C=O) groups excluding carboxylic acids is 1. The fraction of sp³-hybridized carbons (Fsp3) is 0.382. The molecule has 4 aromatic rings. The normalized spacial score (nSPS) is 13.0. The van der Waals surface area contributed by atoms with Crippen LogP contribution in [0.1, 0.15) is 41.3 Å². The van der Waals surface area contributed by atoms with E-state index in [2.05, 4.69) is 91.2 Å². The molecule has 0 atom stereocenters. The molecule has 0 spiro atoms. The molecule has 0 unspecified atom stereocenters. The summed E-state index contributed by atoms with van der Waals surface area (Å²) in [6.07, 6.45) is 4.14. The lowest BCUT2D eigenvalue weighted by Gasteiger charge is -2.34. The number of amides is 1. The van der Waals surface area contributed by atoms with Crippen molar-refractivity contribution >= 4 is 22.7 Å². The molecule has 5 rings (SSSR count). The van der Waals surface area contributed by atoms with Gasteiger partial charge in [0.25, 0.3) is 0 Å². The molecule has 0 radical (unpaired) electrons. The largest absolute Gasteiger partial charge is 0.455 e. The lowest BCUT2D eigenvalue weighted by Crippen LogP contribution is -2.44. The second kappa shape index (κ2) is 13.4. The first-order chi connectivity index (χ1) is 20.6. The third kappa shape index (κ3) is 8.10. The zero-order chi connectivity index (χ0) is 30.5. The van der Waals surface area contributed by atoms with Gasteiger partial charge in [-0.25, -0.2) is 4.79 Å². The summed E-state index contributed by atoms with van der Waals surface area (Å²) in [5, 5.41) is 8.70. The van der Waals surface area contributed by atoms with E-state index in [1.54, 1.807) is 4.90 Å². The van der Waals surface area contributed by atoms with Gasteiger partial charge in [-0.05, 0) is 67.8 Å². The number of aromatic nitrogens is 3. The maximum Gasteiger partial charge on any atom is 0.410 e.